The summed E-state index contributed by atoms with van der Waals surface area (Å²) >= 11 is 24.6. The molecule has 1 aliphatic heterocycles. The number of hydrogen-bond donors (Lipinski definition) is 1. The molecule has 1 heterocycles. The SMILES string of the molecule is C=C[C@]1(NC(=O)C(Cl)(Cl)Cl)C[C@H](Br)[C@@H](Br)C[C@@H]1[C@H]1COC(C)(C)O1. The van der Waals surface area contributed by atoms with Crippen molar-refractivity contribution in [2.75, 3.05) is 6.61 Å². The molecule has 0 unspecified atom stereocenters. The van der Waals surface area contributed by atoms with Gasteiger partial charge in [-0.1, -0.05) is 72.7 Å². The molecule has 0 spiro atoms. The molecule has 2 fully saturated rings. The van der Waals surface area contributed by atoms with E-state index in [0.29, 0.717) is 13.0 Å². The molecular weight excluding hydrogens is 508 g/mol. The molecule has 1 aliphatic carbocycles. The number of carbonyl (C=O) groups excluding carboxylic acids is 1. The summed E-state index contributed by atoms with van der Waals surface area (Å²) in [6.45, 7) is 8.10. The lowest BCUT2D eigenvalue weighted by atomic mass is 9.70. The smallest absolute Gasteiger partial charge is 0.272 e. The Kier molecular flexibility index (Phi) is 6.67. The largest absolute Gasteiger partial charge is 0.348 e. The van der Waals surface area contributed by atoms with Gasteiger partial charge in [0.25, 0.3) is 9.70 Å². The van der Waals surface area contributed by atoms with E-state index in [1.807, 2.05) is 13.8 Å². The first-order valence-corrected chi connectivity index (χ1v) is 10.5. The highest BCUT2D eigenvalue weighted by Gasteiger charge is 2.53. The van der Waals surface area contributed by atoms with Crippen LogP contribution in [0.5, 0.6) is 0 Å². The molecule has 2 aliphatic rings. The lowest BCUT2D eigenvalue weighted by Crippen LogP contribution is -2.62. The molecule has 1 saturated carbocycles. The summed E-state index contributed by atoms with van der Waals surface area (Å²) in [6, 6.07) is 0. The first-order valence-electron chi connectivity index (χ1n) is 7.53. The van der Waals surface area contributed by atoms with Crippen LogP contribution >= 0.6 is 66.7 Å². The molecule has 4 nitrogen and oxygen atoms in total. The molecule has 0 aromatic rings. The standard InChI is InChI=1S/C15H20Br2Cl3NO3/c1-4-14(21-12(22)15(18,19)20)6-10(17)9(16)5-8(14)11-7-23-13(2,3)24-11/h4,8-11H,1,5-7H2,2-3H3,(H,21,22)/t8-,9+,10+,11-,14+/m1/s1. The van der Waals surface area contributed by atoms with Gasteiger partial charge in [-0.15, -0.1) is 6.58 Å². The zero-order valence-electron chi connectivity index (χ0n) is 13.3. The topological polar surface area (TPSA) is 47.6 Å². The van der Waals surface area contributed by atoms with E-state index in [2.05, 4.69) is 43.8 Å². The molecule has 138 valence electrons. The van der Waals surface area contributed by atoms with Crippen molar-refractivity contribution in [1.29, 1.82) is 0 Å². The second-order valence-corrected chi connectivity index (χ2v) is 11.3. The number of hydrogen-bond acceptors (Lipinski definition) is 3. The number of nitrogens with one attached hydrogen (secondary N) is 1. The van der Waals surface area contributed by atoms with Gasteiger partial charge in [0.2, 0.25) is 0 Å². The fourth-order valence-corrected chi connectivity index (χ4v) is 4.79. The Morgan fingerprint density at radius 3 is 2.42 bits per heavy atom. The molecule has 0 aromatic carbocycles. The molecule has 2 rings (SSSR count). The highest BCUT2D eigenvalue weighted by molar-refractivity contribution is 9.12. The monoisotopic (exact) mass is 525 g/mol. The lowest BCUT2D eigenvalue weighted by Gasteiger charge is -2.48. The van der Waals surface area contributed by atoms with E-state index in [0.717, 1.165) is 6.42 Å². The number of carbonyl (C=O) groups is 1. The highest BCUT2D eigenvalue weighted by atomic mass is 79.9. The summed E-state index contributed by atoms with van der Waals surface area (Å²) < 4.78 is 9.70. The molecule has 0 aromatic heterocycles. The molecule has 1 amide bonds. The third-order valence-electron chi connectivity index (χ3n) is 4.51. The predicted molar refractivity (Wildman–Crippen MR) is 104 cm³/mol. The van der Waals surface area contributed by atoms with E-state index in [9.17, 15) is 4.79 Å². The maximum atomic E-state index is 12.3. The van der Waals surface area contributed by atoms with Crippen molar-refractivity contribution in [3.8, 4) is 0 Å². The second-order valence-electron chi connectivity index (χ2n) is 6.64. The Hall–Kier alpha value is 0.960. The van der Waals surface area contributed by atoms with E-state index in [4.69, 9.17) is 44.3 Å². The van der Waals surface area contributed by atoms with Gasteiger partial charge in [0.15, 0.2) is 5.79 Å². The Balaban J connectivity index is 2.32. The summed E-state index contributed by atoms with van der Waals surface area (Å²) in [4.78, 5) is 12.7. The van der Waals surface area contributed by atoms with Crippen molar-refractivity contribution in [3.63, 3.8) is 0 Å². The fourth-order valence-electron chi connectivity index (χ4n) is 3.31. The maximum Gasteiger partial charge on any atom is 0.272 e. The van der Waals surface area contributed by atoms with Crippen molar-refractivity contribution in [2.24, 2.45) is 5.92 Å². The summed E-state index contributed by atoms with van der Waals surface area (Å²) in [5.41, 5.74) is -0.770. The number of rotatable bonds is 3. The van der Waals surface area contributed by atoms with Crippen LogP contribution in [0, 0.1) is 5.92 Å². The Morgan fingerprint density at radius 1 is 1.33 bits per heavy atom. The van der Waals surface area contributed by atoms with Crippen LogP contribution in [-0.2, 0) is 14.3 Å². The molecule has 0 radical (unpaired) electrons. The quantitative estimate of drug-likeness (QED) is 0.434. The fraction of sp³-hybridized carbons (Fsp3) is 0.800. The van der Waals surface area contributed by atoms with Crippen molar-refractivity contribution in [2.45, 2.75) is 57.6 Å². The van der Waals surface area contributed by atoms with Gasteiger partial charge in [0.05, 0.1) is 18.2 Å². The Labute approximate surface area is 174 Å². The van der Waals surface area contributed by atoms with Crippen LogP contribution in [0.15, 0.2) is 12.7 Å². The molecule has 24 heavy (non-hydrogen) atoms. The predicted octanol–water partition coefficient (Wildman–Crippen LogP) is 4.49. The summed E-state index contributed by atoms with van der Waals surface area (Å²) in [7, 11) is 0. The molecule has 0 bridgehead atoms. The van der Waals surface area contributed by atoms with E-state index < -0.39 is 21.0 Å². The zero-order chi connectivity index (χ0) is 18.3. The van der Waals surface area contributed by atoms with E-state index in [-0.39, 0.29) is 21.7 Å². The minimum Gasteiger partial charge on any atom is -0.348 e. The minimum absolute atomic E-state index is 0.0775. The van der Waals surface area contributed by atoms with Crippen LogP contribution in [0.25, 0.3) is 0 Å². The van der Waals surface area contributed by atoms with Crippen LogP contribution < -0.4 is 5.32 Å². The number of alkyl halides is 5. The molecule has 1 N–H and O–H groups in total. The van der Waals surface area contributed by atoms with Crippen molar-refractivity contribution < 1.29 is 14.3 Å². The molecular formula is C15H20Br2Cl3NO3. The Morgan fingerprint density at radius 2 is 1.96 bits per heavy atom. The van der Waals surface area contributed by atoms with Gasteiger partial charge < -0.3 is 14.8 Å². The lowest BCUT2D eigenvalue weighted by molar-refractivity contribution is -0.149. The summed E-state index contributed by atoms with van der Waals surface area (Å²) in [5, 5.41) is 2.89. The van der Waals surface area contributed by atoms with Gasteiger partial charge in [0.1, 0.15) is 0 Å². The van der Waals surface area contributed by atoms with Gasteiger partial charge in [-0.2, -0.15) is 0 Å². The molecule has 9 heteroatoms. The zero-order valence-corrected chi connectivity index (χ0v) is 18.8. The van der Waals surface area contributed by atoms with Gasteiger partial charge in [0, 0.05) is 15.6 Å². The highest BCUT2D eigenvalue weighted by Crippen LogP contribution is 2.46. The average Bonchev–Trinajstić information content (AvgIpc) is 2.81. The van der Waals surface area contributed by atoms with Crippen LogP contribution in [0.2, 0.25) is 0 Å². The molecule has 5 atom stereocenters. The van der Waals surface area contributed by atoms with E-state index in [1.165, 1.54) is 0 Å². The number of halogens is 5. The van der Waals surface area contributed by atoms with Gasteiger partial charge in [-0.3, -0.25) is 4.79 Å². The maximum absolute atomic E-state index is 12.3. The third kappa shape index (κ3) is 4.62. The molecule has 1 saturated heterocycles. The van der Waals surface area contributed by atoms with Crippen LogP contribution in [-0.4, -0.2) is 43.4 Å². The number of ether oxygens (including phenoxy) is 2. The number of amides is 1. The van der Waals surface area contributed by atoms with E-state index >= 15 is 0 Å². The van der Waals surface area contributed by atoms with Crippen molar-refractivity contribution in [3.05, 3.63) is 12.7 Å². The van der Waals surface area contributed by atoms with Crippen molar-refractivity contribution >= 4 is 72.6 Å². The van der Waals surface area contributed by atoms with Gasteiger partial charge in [-0.05, 0) is 26.7 Å². The summed E-state index contributed by atoms with van der Waals surface area (Å²) in [6.07, 6.45) is 2.85. The van der Waals surface area contributed by atoms with Crippen LogP contribution in [0.4, 0.5) is 0 Å². The Bertz CT molecular complexity index is 515. The third-order valence-corrected chi connectivity index (χ3v) is 7.71. The minimum atomic E-state index is -2.04. The second kappa shape index (κ2) is 7.53. The average molecular weight is 528 g/mol. The van der Waals surface area contributed by atoms with Crippen LogP contribution in [0.1, 0.15) is 26.7 Å². The van der Waals surface area contributed by atoms with Gasteiger partial charge >= 0.3 is 0 Å². The van der Waals surface area contributed by atoms with Gasteiger partial charge in [-0.25, -0.2) is 0 Å². The van der Waals surface area contributed by atoms with Crippen LogP contribution in [0.3, 0.4) is 0 Å². The normalized spacial score (nSPS) is 39.5. The van der Waals surface area contributed by atoms with E-state index in [1.54, 1.807) is 6.08 Å². The summed E-state index contributed by atoms with van der Waals surface area (Å²) in [5.74, 6) is -1.42. The first kappa shape index (κ1) is 21.3. The first-order chi connectivity index (χ1) is 10.9. The van der Waals surface area contributed by atoms with Crippen molar-refractivity contribution in [1.82, 2.24) is 5.32 Å².